The lowest BCUT2D eigenvalue weighted by Crippen LogP contribution is -2.53. The van der Waals surface area contributed by atoms with Gasteiger partial charge in [0.15, 0.2) is 0 Å². The fraction of sp³-hybridized carbons (Fsp3) is 0.500. The van der Waals surface area contributed by atoms with Crippen molar-refractivity contribution >= 4 is 11.7 Å². The summed E-state index contributed by atoms with van der Waals surface area (Å²) in [6.45, 7) is 4.20. The van der Waals surface area contributed by atoms with Crippen LogP contribution in [0.4, 0.5) is 5.69 Å². The molecule has 100 valence electrons. The average molecular weight is 250 g/mol. The van der Waals surface area contributed by atoms with Gasteiger partial charge in [0.05, 0.1) is 7.11 Å². The first-order valence-electron chi connectivity index (χ1n) is 6.08. The molecule has 0 fully saturated rings. The van der Waals surface area contributed by atoms with Gasteiger partial charge in [-0.3, -0.25) is 4.79 Å². The fourth-order valence-electron chi connectivity index (χ4n) is 1.87. The zero-order valence-electron chi connectivity index (χ0n) is 11.6. The number of nitrogens with two attached hydrogens (primary N) is 1. The monoisotopic (exact) mass is 250 g/mol. The molecule has 0 aromatic heterocycles. The second-order valence-electron chi connectivity index (χ2n) is 4.79. The highest BCUT2D eigenvalue weighted by atomic mass is 16.5. The van der Waals surface area contributed by atoms with Gasteiger partial charge in [-0.15, -0.1) is 0 Å². The maximum atomic E-state index is 11.5. The molecule has 0 saturated carbocycles. The van der Waals surface area contributed by atoms with Crippen LogP contribution in [0.1, 0.15) is 19.4 Å². The predicted octanol–water partition coefficient (Wildman–Crippen LogP) is 1.58. The maximum Gasteiger partial charge on any atom is 0.327 e. The molecule has 1 rings (SSSR count). The fourth-order valence-corrected chi connectivity index (χ4v) is 1.87. The van der Waals surface area contributed by atoms with Crippen molar-refractivity contribution in [3.8, 4) is 0 Å². The number of ether oxygens (including phenoxy) is 1. The Morgan fingerprint density at radius 3 is 2.39 bits per heavy atom. The normalized spacial score (nSPS) is 13.8. The number of rotatable bonds is 5. The summed E-state index contributed by atoms with van der Waals surface area (Å²) < 4.78 is 4.70. The summed E-state index contributed by atoms with van der Waals surface area (Å²) in [5.74, 6) is -0.403. The van der Waals surface area contributed by atoms with Crippen LogP contribution in [0.2, 0.25) is 0 Å². The molecule has 0 bridgehead atoms. The topological polar surface area (TPSA) is 55.6 Å². The predicted molar refractivity (Wildman–Crippen MR) is 73.7 cm³/mol. The van der Waals surface area contributed by atoms with Crippen LogP contribution in [-0.4, -0.2) is 32.2 Å². The summed E-state index contributed by atoms with van der Waals surface area (Å²) in [5.41, 5.74) is 7.26. The Labute approximate surface area is 109 Å². The van der Waals surface area contributed by atoms with Crippen molar-refractivity contribution in [1.29, 1.82) is 0 Å². The molecule has 1 unspecified atom stereocenters. The van der Waals surface area contributed by atoms with Crippen molar-refractivity contribution in [2.75, 3.05) is 25.6 Å². The van der Waals surface area contributed by atoms with E-state index in [1.165, 1.54) is 12.7 Å². The van der Waals surface area contributed by atoms with E-state index < -0.39 is 11.5 Å². The number of likely N-dealkylation sites (N-methyl/N-ethyl adjacent to an activating group) is 1. The number of aryl methyl sites for hydroxylation is 1. The quantitative estimate of drug-likeness (QED) is 0.806. The van der Waals surface area contributed by atoms with E-state index in [0.29, 0.717) is 6.54 Å². The van der Waals surface area contributed by atoms with Crippen LogP contribution >= 0.6 is 0 Å². The molecule has 1 aromatic rings. The molecule has 1 atom stereocenters. The molecule has 0 aliphatic rings. The van der Waals surface area contributed by atoms with Crippen LogP contribution in [0, 0.1) is 0 Å². The summed E-state index contributed by atoms with van der Waals surface area (Å²) in [4.78, 5) is 13.5. The molecule has 0 aliphatic carbocycles. The van der Waals surface area contributed by atoms with Gasteiger partial charge in [0.1, 0.15) is 5.54 Å². The second kappa shape index (κ2) is 5.87. The Morgan fingerprint density at radius 2 is 1.94 bits per heavy atom. The third kappa shape index (κ3) is 3.47. The zero-order chi connectivity index (χ0) is 13.8. The second-order valence-corrected chi connectivity index (χ2v) is 4.79. The van der Waals surface area contributed by atoms with Gasteiger partial charge in [-0.2, -0.15) is 0 Å². The summed E-state index contributed by atoms with van der Waals surface area (Å²) in [6.07, 6.45) is 1.01. The summed E-state index contributed by atoms with van der Waals surface area (Å²) in [7, 11) is 3.26. The molecule has 0 spiro atoms. The van der Waals surface area contributed by atoms with E-state index in [-0.39, 0.29) is 0 Å². The van der Waals surface area contributed by atoms with Crippen LogP contribution in [0.25, 0.3) is 0 Å². The van der Waals surface area contributed by atoms with Gasteiger partial charge in [0.2, 0.25) is 0 Å². The first-order valence-corrected chi connectivity index (χ1v) is 6.08. The van der Waals surface area contributed by atoms with Crippen LogP contribution in [0.5, 0.6) is 0 Å². The lowest BCUT2D eigenvalue weighted by atomic mass is 10.0. The molecule has 1 aromatic carbocycles. The van der Waals surface area contributed by atoms with Crippen molar-refractivity contribution in [2.45, 2.75) is 25.8 Å². The van der Waals surface area contributed by atoms with Crippen molar-refractivity contribution in [2.24, 2.45) is 5.73 Å². The Hall–Kier alpha value is -1.55. The highest BCUT2D eigenvalue weighted by Crippen LogP contribution is 2.16. The third-order valence-electron chi connectivity index (χ3n) is 3.00. The van der Waals surface area contributed by atoms with Gasteiger partial charge in [-0.05, 0) is 31.0 Å². The minimum absolute atomic E-state index is 0.403. The minimum Gasteiger partial charge on any atom is -0.468 e. The van der Waals surface area contributed by atoms with Crippen LogP contribution in [0.3, 0.4) is 0 Å². The number of anilines is 1. The van der Waals surface area contributed by atoms with Crippen molar-refractivity contribution in [3.05, 3.63) is 29.8 Å². The van der Waals surface area contributed by atoms with Crippen molar-refractivity contribution in [3.63, 3.8) is 0 Å². The molecule has 2 N–H and O–H groups in total. The lowest BCUT2D eigenvalue weighted by Gasteiger charge is -2.29. The van der Waals surface area contributed by atoms with Crippen LogP contribution < -0.4 is 10.6 Å². The zero-order valence-corrected chi connectivity index (χ0v) is 11.6. The molecular weight excluding hydrogens is 228 g/mol. The third-order valence-corrected chi connectivity index (χ3v) is 3.00. The van der Waals surface area contributed by atoms with Gasteiger partial charge in [0.25, 0.3) is 0 Å². The standard InChI is InChI=1S/C14H22N2O2/c1-5-11-6-8-12(9-7-11)16(3)10-14(2,15)13(17)18-4/h6-9H,5,10,15H2,1-4H3. The van der Waals surface area contributed by atoms with Gasteiger partial charge >= 0.3 is 5.97 Å². The maximum absolute atomic E-state index is 11.5. The minimum atomic E-state index is -1.01. The van der Waals surface area contributed by atoms with E-state index in [0.717, 1.165) is 12.1 Å². The molecule has 0 aliphatic heterocycles. The van der Waals surface area contributed by atoms with Crippen LogP contribution in [0.15, 0.2) is 24.3 Å². The molecule has 18 heavy (non-hydrogen) atoms. The van der Waals surface area contributed by atoms with E-state index in [4.69, 9.17) is 10.5 Å². The van der Waals surface area contributed by atoms with E-state index in [2.05, 4.69) is 19.1 Å². The smallest absolute Gasteiger partial charge is 0.327 e. The van der Waals surface area contributed by atoms with E-state index in [1.54, 1.807) is 6.92 Å². The van der Waals surface area contributed by atoms with Gasteiger partial charge in [0, 0.05) is 19.3 Å². The first kappa shape index (κ1) is 14.5. The number of hydrogen-bond acceptors (Lipinski definition) is 4. The summed E-state index contributed by atoms with van der Waals surface area (Å²) in [6, 6.07) is 8.23. The molecule has 0 radical (unpaired) electrons. The van der Waals surface area contributed by atoms with Gasteiger partial charge in [-0.1, -0.05) is 19.1 Å². The summed E-state index contributed by atoms with van der Waals surface area (Å²) in [5, 5.41) is 0. The molecule has 0 heterocycles. The molecule has 0 amide bonds. The largest absolute Gasteiger partial charge is 0.468 e. The summed E-state index contributed by atoms with van der Waals surface area (Å²) >= 11 is 0. The Bertz CT molecular complexity index is 399. The molecule has 4 nitrogen and oxygen atoms in total. The van der Waals surface area contributed by atoms with E-state index >= 15 is 0 Å². The first-order chi connectivity index (χ1) is 8.40. The average Bonchev–Trinajstić information content (AvgIpc) is 2.37. The van der Waals surface area contributed by atoms with Gasteiger partial charge in [-0.25, -0.2) is 0 Å². The Balaban J connectivity index is 2.75. The molecule has 4 heteroatoms. The highest BCUT2D eigenvalue weighted by molar-refractivity contribution is 5.80. The molecular formula is C14H22N2O2. The molecule has 0 saturated heterocycles. The number of nitrogens with zero attached hydrogens (tertiary/aromatic N) is 1. The number of carbonyl (C=O) groups excluding carboxylic acids is 1. The Morgan fingerprint density at radius 1 is 1.39 bits per heavy atom. The van der Waals surface area contributed by atoms with Crippen molar-refractivity contribution < 1.29 is 9.53 Å². The Kier molecular flexibility index (Phi) is 4.73. The van der Waals surface area contributed by atoms with E-state index in [1.807, 2.05) is 24.1 Å². The number of hydrogen-bond donors (Lipinski definition) is 1. The van der Waals surface area contributed by atoms with E-state index in [9.17, 15) is 4.79 Å². The number of benzene rings is 1. The SMILES string of the molecule is CCc1ccc(N(C)CC(C)(N)C(=O)OC)cc1. The lowest BCUT2D eigenvalue weighted by molar-refractivity contribution is -0.145. The van der Waals surface area contributed by atoms with Crippen molar-refractivity contribution in [1.82, 2.24) is 0 Å². The highest BCUT2D eigenvalue weighted by Gasteiger charge is 2.31. The van der Waals surface area contributed by atoms with Gasteiger partial charge < -0.3 is 15.4 Å². The number of methoxy groups -OCH3 is 1. The number of esters is 1. The number of carbonyl (C=O) groups is 1. The van der Waals surface area contributed by atoms with Crippen LogP contribution in [-0.2, 0) is 16.0 Å².